The first-order valence-corrected chi connectivity index (χ1v) is 6.12. The standard InChI is InChI=1S/C11H17N3.C2H6/c1-10-3-4-12-11(9-10)14-7-5-13(2)6-8-14;1-2/h3-4,9H,5-8H2,1-2H3;1-2H3. The topological polar surface area (TPSA) is 19.4 Å². The minimum absolute atomic E-state index is 1.09. The number of hydrogen-bond donors (Lipinski definition) is 0. The summed E-state index contributed by atoms with van der Waals surface area (Å²) in [6, 6.07) is 4.20. The summed E-state index contributed by atoms with van der Waals surface area (Å²) in [6.07, 6.45) is 1.89. The van der Waals surface area contributed by atoms with E-state index < -0.39 is 0 Å². The SMILES string of the molecule is CC.Cc1ccnc(N2CCN(C)CC2)c1. The second kappa shape index (κ2) is 6.48. The third-order valence-corrected chi connectivity index (χ3v) is 2.73. The molecule has 90 valence electrons. The minimum Gasteiger partial charge on any atom is -0.354 e. The van der Waals surface area contributed by atoms with E-state index in [9.17, 15) is 0 Å². The molecule has 0 bridgehead atoms. The Bertz CT molecular complexity index is 304. The Balaban J connectivity index is 0.000000606. The molecule has 1 aromatic rings. The number of likely N-dealkylation sites (N-methyl/N-ethyl adjacent to an activating group) is 1. The van der Waals surface area contributed by atoms with Gasteiger partial charge in [-0.3, -0.25) is 0 Å². The van der Waals surface area contributed by atoms with Crippen molar-refractivity contribution in [3.8, 4) is 0 Å². The lowest BCUT2D eigenvalue weighted by Crippen LogP contribution is -2.44. The third-order valence-electron chi connectivity index (χ3n) is 2.73. The fraction of sp³-hybridized carbons (Fsp3) is 0.615. The summed E-state index contributed by atoms with van der Waals surface area (Å²) in [5, 5.41) is 0. The molecule has 1 saturated heterocycles. The van der Waals surface area contributed by atoms with E-state index in [1.165, 1.54) is 5.56 Å². The van der Waals surface area contributed by atoms with Crippen LogP contribution >= 0.6 is 0 Å². The monoisotopic (exact) mass is 221 g/mol. The van der Waals surface area contributed by atoms with E-state index in [0.717, 1.165) is 32.0 Å². The summed E-state index contributed by atoms with van der Waals surface area (Å²) in [6.45, 7) is 10.6. The van der Waals surface area contributed by atoms with E-state index in [2.05, 4.69) is 34.8 Å². The van der Waals surface area contributed by atoms with E-state index in [-0.39, 0.29) is 0 Å². The summed E-state index contributed by atoms with van der Waals surface area (Å²) >= 11 is 0. The molecule has 0 saturated carbocycles. The molecule has 16 heavy (non-hydrogen) atoms. The van der Waals surface area contributed by atoms with Crippen LogP contribution in [0.15, 0.2) is 18.3 Å². The highest BCUT2D eigenvalue weighted by Crippen LogP contribution is 2.13. The van der Waals surface area contributed by atoms with Crippen molar-refractivity contribution in [2.75, 3.05) is 38.1 Å². The second-order valence-corrected chi connectivity index (χ2v) is 3.98. The van der Waals surface area contributed by atoms with Crippen molar-refractivity contribution in [3.63, 3.8) is 0 Å². The zero-order valence-corrected chi connectivity index (χ0v) is 10.9. The van der Waals surface area contributed by atoms with Gasteiger partial charge in [-0.2, -0.15) is 0 Å². The number of aryl methyl sites for hydroxylation is 1. The van der Waals surface area contributed by atoms with Crippen LogP contribution < -0.4 is 4.90 Å². The minimum atomic E-state index is 1.09. The van der Waals surface area contributed by atoms with Crippen molar-refractivity contribution in [1.82, 2.24) is 9.88 Å². The number of rotatable bonds is 1. The summed E-state index contributed by atoms with van der Waals surface area (Å²) in [4.78, 5) is 9.10. The molecule has 1 aromatic heterocycles. The summed E-state index contributed by atoms with van der Waals surface area (Å²) in [5.74, 6) is 1.12. The predicted molar refractivity (Wildman–Crippen MR) is 70.0 cm³/mol. The third kappa shape index (κ3) is 3.49. The molecule has 0 amide bonds. The van der Waals surface area contributed by atoms with Crippen molar-refractivity contribution in [2.24, 2.45) is 0 Å². The average Bonchev–Trinajstić information content (AvgIpc) is 2.32. The average molecular weight is 221 g/mol. The van der Waals surface area contributed by atoms with E-state index in [4.69, 9.17) is 0 Å². The second-order valence-electron chi connectivity index (χ2n) is 3.98. The Kier molecular flexibility index (Phi) is 5.26. The van der Waals surface area contributed by atoms with Gasteiger partial charge in [-0.05, 0) is 31.7 Å². The summed E-state index contributed by atoms with van der Waals surface area (Å²) in [7, 11) is 2.17. The van der Waals surface area contributed by atoms with Crippen LogP contribution in [0.25, 0.3) is 0 Å². The first-order chi connectivity index (χ1) is 7.75. The molecule has 0 radical (unpaired) electrons. The van der Waals surface area contributed by atoms with Crippen LogP contribution in [0.5, 0.6) is 0 Å². The van der Waals surface area contributed by atoms with Crippen LogP contribution in [0.4, 0.5) is 5.82 Å². The Morgan fingerprint density at radius 1 is 1.12 bits per heavy atom. The lowest BCUT2D eigenvalue weighted by Gasteiger charge is -2.33. The van der Waals surface area contributed by atoms with Gasteiger partial charge in [-0.25, -0.2) is 4.98 Å². The smallest absolute Gasteiger partial charge is 0.128 e. The molecule has 0 aromatic carbocycles. The maximum atomic E-state index is 4.40. The number of pyridine rings is 1. The zero-order valence-electron chi connectivity index (χ0n) is 10.9. The Hall–Kier alpha value is -1.09. The predicted octanol–water partition coefficient (Wildman–Crippen LogP) is 2.17. The van der Waals surface area contributed by atoms with E-state index >= 15 is 0 Å². The van der Waals surface area contributed by atoms with Crippen molar-refractivity contribution in [1.29, 1.82) is 0 Å². The molecule has 3 nitrogen and oxygen atoms in total. The Morgan fingerprint density at radius 2 is 1.75 bits per heavy atom. The molecule has 0 atom stereocenters. The van der Waals surface area contributed by atoms with Crippen LogP contribution in [0, 0.1) is 6.92 Å². The molecule has 1 aliphatic rings. The van der Waals surface area contributed by atoms with Gasteiger partial charge >= 0.3 is 0 Å². The van der Waals surface area contributed by atoms with Gasteiger partial charge in [0.1, 0.15) is 5.82 Å². The van der Waals surface area contributed by atoms with Crippen LogP contribution in [-0.4, -0.2) is 43.1 Å². The van der Waals surface area contributed by atoms with Crippen molar-refractivity contribution >= 4 is 5.82 Å². The van der Waals surface area contributed by atoms with Crippen LogP contribution in [0.2, 0.25) is 0 Å². The number of nitrogens with zero attached hydrogens (tertiary/aromatic N) is 3. The van der Waals surface area contributed by atoms with E-state index in [1.54, 1.807) is 0 Å². The van der Waals surface area contributed by atoms with Gasteiger partial charge in [-0.1, -0.05) is 13.8 Å². The lowest BCUT2D eigenvalue weighted by atomic mass is 10.2. The maximum Gasteiger partial charge on any atom is 0.128 e. The molecule has 0 spiro atoms. The molecule has 2 heterocycles. The van der Waals surface area contributed by atoms with Gasteiger partial charge in [0.15, 0.2) is 0 Å². The first kappa shape index (κ1) is 13.0. The number of anilines is 1. The van der Waals surface area contributed by atoms with E-state index in [0.29, 0.717) is 0 Å². The van der Waals surface area contributed by atoms with Gasteiger partial charge in [-0.15, -0.1) is 0 Å². The highest BCUT2D eigenvalue weighted by Gasteiger charge is 2.14. The quantitative estimate of drug-likeness (QED) is 0.724. The summed E-state index contributed by atoms with van der Waals surface area (Å²) < 4.78 is 0. The number of piperazine rings is 1. The molecule has 2 rings (SSSR count). The molecule has 3 heteroatoms. The number of aromatic nitrogens is 1. The van der Waals surface area contributed by atoms with Crippen molar-refractivity contribution < 1.29 is 0 Å². The molecule has 1 fully saturated rings. The van der Waals surface area contributed by atoms with Crippen LogP contribution in [0.3, 0.4) is 0 Å². The normalized spacial score (nSPS) is 16.6. The molecule has 0 aliphatic carbocycles. The van der Waals surface area contributed by atoms with Gasteiger partial charge < -0.3 is 9.80 Å². The van der Waals surface area contributed by atoms with Gasteiger partial charge in [0.2, 0.25) is 0 Å². The van der Waals surface area contributed by atoms with Gasteiger partial charge in [0, 0.05) is 32.4 Å². The molecule has 0 N–H and O–H groups in total. The zero-order chi connectivity index (χ0) is 12.0. The Morgan fingerprint density at radius 3 is 2.31 bits per heavy atom. The molecular formula is C13H23N3. The largest absolute Gasteiger partial charge is 0.354 e. The molecule has 0 unspecified atom stereocenters. The summed E-state index contributed by atoms with van der Waals surface area (Å²) in [5.41, 5.74) is 1.29. The van der Waals surface area contributed by atoms with Gasteiger partial charge in [0.25, 0.3) is 0 Å². The maximum absolute atomic E-state index is 4.40. The highest BCUT2D eigenvalue weighted by molar-refractivity contribution is 5.41. The van der Waals surface area contributed by atoms with Crippen LogP contribution in [-0.2, 0) is 0 Å². The Labute approximate surface area is 99.1 Å². The molecular weight excluding hydrogens is 198 g/mol. The molecule has 1 aliphatic heterocycles. The van der Waals surface area contributed by atoms with E-state index in [1.807, 2.05) is 26.1 Å². The fourth-order valence-electron chi connectivity index (χ4n) is 1.73. The lowest BCUT2D eigenvalue weighted by molar-refractivity contribution is 0.312. The highest BCUT2D eigenvalue weighted by atomic mass is 15.3. The first-order valence-electron chi connectivity index (χ1n) is 6.12. The fourth-order valence-corrected chi connectivity index (χ4v) is 1.73. The van der Waals surface area contributed by atoms with Crippen molar-refractivity contribution in [3.05, 3.63) is 23.9 Å². The van der Waals surface area contributed by atoms with Crippen molar-refractivity contribution in [2.45, 2.75) is 20.8 Å². The van der Waals surface area contributed by atoms with Crippen LogP contribution in [0.1, 0.15) is 19.4 Å². The number of hydrogen-bond acceptors (Lipinski definition) is 3. The van der Waals surface area contributed by atoms with Gasteiger partial charge in [0.05, 0.1) is 0 Å².